The number of amides is 1. The molecule has 6 nitrogen and oxygen atoms in total. The van der Waals surface area contributed by atoms with Gasteiger partial charge in [0.25, 0.3) is 5.91 Å². The summed E-state index contributed by atoms with van der Waals surface area (Å²) in [6, 6.07) is 12.3. The first-order valence-corrected chi connectivity index (χ1v) is 11.1. The predicted molar refractivity (Wildman–Crippen MR) is 130 cm³/mol. The van der Waals surface area contributed by atoms with Crippen molar-refractivity contribution in [3.05, 3.63) is 85.2 Å². The number of benzene rings is 2. The highest BCUT2D eigenvalue weighted by Gasteiger charge is 2.13. The summed E-state index contributed by atoms with van der Waals surface area (Å²) in [5.74, 6) is 0.827. The van der Waals surface area contributed by atoms with E-state index in [4.69, 9.17) is 32.7 Å². The van der Waals surface area contributed by atoms with E-state index in [0.717, 1.165) is 14.7 Å². The first-order valence-electron chi connectivity index (χ1n) is 9.24. The van der Waals surface area contributed by atoms with Gasteiger partial charge in [-0.1, -0.05) is 29.3 Å². The Hall–Kier alpha value is -2.36. The van der Waals surface area contributed by atoms with Crippen molar-refractivity contribution in [3.63, 3.8) is 0 Å². The van der Waals surface area contributed by atoms with Crippen LogP contribution in [0.1, 0.15) is 28.4 Å². The van der Waals surface area contributed by atoms with Crippen LogP contribution in [0, 0.1) is 3.57 Å². The Morgan fingerprint density at radius 2 is 2.06 bits per heavy atom. The number of hydrazone groups is 1. The van der Waals surface area contributed by atoms with Crippen LogP contribution in [-0.4, -0.2) is 23.7 Å². The molecule has 160 valence electrons. The third-order valence-corrected chi connectivity index (χ3v) is 5.41. The summed E-state index contributed by atoms with van der Waals surface area (Å²) in [4.78, 5) is 16.0. The number of nitrogens with zero attached hydrogens (tertiary/aromatic N) is 2. The summed E-state index contributed by atoms with van der Waals surface area (Å²) in [5.41, 5.74) is 4.47. The number of hydrogen-bond donors (Lipinski definition) is 1. The van der Waals surface area contributed by atoms with E-state index in [1.165, 1.54) is 6.20 Å². The summed E-state index contributed by atoms with van der Waals surface area (Å²) in [6.45, 7) is 2.62. The first-order chi connectivity index (χ1) is 15.0. The molecule has 1 amide bonds. The van der Waals surface area contributed by atoms with Gasteiger partial charge >= 0.3 is 0 Å². The second-order valence-corrected chi connectivity index (χ2v) is 8.23. The highest BCUT2D eigenvalue weighted by Crippen LogP contribution is 2.35. The molecule has 0 saturated heterocycles. The van der Waals surface area contributed by atoms with E-state index in [-0.39, 0.29) is 12.5 Å². The molecule has 2 aromatic carbocycles. The Bertz CT molecular complexity index is 1090. The van der Waals surface area contributed by atoms with E-state index in [0.29, 0.717) is 33.7 Å². The molecule has 3 rings (SSSR count). The maximum atomic E-state index is 12.1. The molecule has 0 radical (unpaired) electrons. The molecule has 0 bridgehead atoms. The van der Waals surface area contributed by atoms with Gasteiger partial charge in [0.2, 0.25) is 0 Å². The molecule has 0 unspecified atom stereocenters. The van der Waals surface area contributed by atoms with Gasteiger partial charge in [0, 0.05) is 28.0 Å². The van der Waals surface area contributed by atoms with Crippen molar-refractivity contribution in [1.29, 1.82) is 0 Å². The van der Waals surface area contributed by atoms with Crippen LogP contribution in [0.2, 0.25) is 10.0 Å². The maximum Gasteiger partial charge on any atom is 0.272 e. The topological polar surface area (TPSA) is 72.8 Å². The monoisotopic (exact) mass is 569 g/mol. The standard InChI is InChI=1S/C22H18Cl2IN3O3/c1-2-30-20-9-14(11-27-28-22(29)15-4-3-7-26-12-15)8-19(25)21(20)31-13-16-5-6-17(23)10-18(16)24/h3-12H,2,13H2,1H3,(H,28,29)/b27-11-. The minimum Gasteiger partial charge on any atom is -0.490 e. The van der Waals surface area contributed by atoms with Gasteiger partial charge in [-0.25, -0.2) is 5.43 Å². The highest BCUT2D eigenvalue weighted by molar-refractivity contribution is 14.1. The molecule has 9 heteroatoms. The molecule has 0 fully saturated rings. The van der Waals surface area contributed by atoms with E-state index < -0.39 is 0 Å². The van der Waals surface area contributed by atoms with Gasteiger partial charge in [-0.15, -0.1) is 0 Å². The van der Waals surface area contributed by atoms with Crippen LogP contribution in [0.5, 0.6) is 11.5 Å². The lowest BCUT2D eigenvalue weighted by atomic mass is 10.2. The average Bonchev–Trinajstić information content (AvgIpc) is 2.75. The molecular weight excluding hydrogens is 552 g/mol. The van der Waals surface area contributed by atoms with E-state index in [1.807, 2.05) is 19.1 Å². The quantitative estimate of drug-likeness (QED) is 0.213. The zero-order chi connectivity index (χ0) is 22.2. The minimum absolute atomic E-state index is 0.265. The van der Waals surface area contributed by atoms with Gasteiger partial charge in [0.05, 0.1) is 22.0 Å². The zero-order valence-corrected chi connectivity index (χ0v) is 20.1. The maximum absolute atomic E-state index is 12.1. The van der Waals surface area contributed by atoms with Crippen molar-refractivity contribution in [3.8, 4) is 11.5 Å². The molecule has 3 aromatic rings. The number of hydrogen-bond acceptors (Lipinski definition) is 5. The number of carbonyl (C=O) groups is 1. The van der Waals surface area contributed by atoms with Crippen LogP contribution in [0.15, 0.2) is 60.0 Å². The van der Waals surface area contributed by atoms with Gasteiger partial charge in [-0.05, 0) is 71.5 Å². The van der Waals surface area contributed by atoms with Gasteiger partial charge in [-0.2, -0.15) is 5.10 Å². The van der Waals surface area contributed by atoms with E-state index >= 15 is 0 Å². The second kappa shape index (κ2) is 11.3. The van der Waals surface area contributed by atoms with Crippen molar-refractivity contribution in [2.24, 2.45) is 5.10 Å². The fraction of sp³-hybridized carbons (Fsp3) is 0.136. The molecule has 0 saturated carbocycles. The largest absolute Gasteiger partial charge is 0.490 e. The van der Waals surface area contributed by atoms with E-state index in [2.05, 4.69) is 38.1 Å². The van der Waals surface area contributed by atoms with E-state index in [9.17, 15) is 4.79 Å². The summed E-state index contributed by atoms with van der Waals surface area (Å²) in [6.07, 6.45) is 4.61. The summed E-state index contributed by atoms with van der Waals surface area (Å²) >= 11 is 14.4. The number of rotatable bonds is 8. The van der Waals surface area contributed by atoms with Crippen LogP contribution >= 0.6 is 45.8 Å². The Balaban J connectivity index is 1.74. The molecule has 1 aromatic heterocycles. The van der Waals surface area contributed by atoms with Crippen LogP contribution < -0.4 is 14.9 Å². The second-order valence-electron chi connectivity index (χ2n) is 6.23. The lowest BCUT2D eigenvalue weighted by Crippen LogP contribution is -2.17. The third-order valence-electron chi connectivity index (χ3n) is 4.02. The highest BCUT2D eigenvalue weighted by atomic mass is 127. The summed E-state index contributed by atoms with van der Waals surface area (Å²) in [5, 5.41) is 5.12. The lowest BCUT2D eigenvalue weighted by Gasteiger charge is -2.15. The summed E-state index contributed by atoms with van der Waals surface area (Å²) < 4.78 is 12.6. The van der Waals surface area contributed by atoms with Gasteiger partial charge in [0.1, 0.15) is 6.61 Å². The minimum atomic E-state index is -0.344. The normalized spacial score (nSPS) is 10.8. The SMILES string of the molecule is CCOc1cc(/C=N\NC(=O)c2cccnc2)cc(I)c1OCc1ccc(Cl)cc1Cl. The Morgan fingerprint density at radius 1 is 1.23 bits per heavy atom. The van der Waals surface area contributed by atoms with Crippen molar-refractivity contribution in [2.45, 2.75) is 13.5 Å². The molecule has 0 atom stereocenters. The van der Waals surface area contributed by atoms with Crippen LogP contribution in [0.4, 0.5) is 0 Å². The molecule has 0 aliphatic carbocycles. The van der Waals surface area contributed by atoms with Crippen LogP contribution in [0.25, 0.3) is 0 Å². The van der Waals surface area contributed by atoms with Crippen molar-refractivity contribution < 1.29 is 14.3 Å². The zero-order valence-electron chi connectivity index (χ0n) is 16.4. The van der Waals surface area contributed by atoms with Crippen molar-refractivity contribution >= 4 is 57.9 Å². The Kier molecular flexibility index (Phi) is 8.51. The molecule has 0 spiro atoms. The number of nitrogens with one attached hydrogen (secondary N) is 1. The van der Waals surface area contributed by atoms with Crippen molar-refractivity contribution in [2.75, 3.05) is 6.61 Å². The smallest absolute Gasteiger partial charge is 0.272 e. The Morgan fingerprint density at radius 3 is 2.77 bits per heavy atom. The lowest BCUT2D eigenvalue weighted by molar-refractivity contribution is 0.0955. The molecule has 31 heavy (non-hydrogen) atoms. The van der Waals surface area contributed by atoms with Gasteiger partial charge in [0.15, 0.2) is 11.5 Å². The molecule has 0 aliphatic heterocycles. The number of pyridine rings is 1. The number of carbonyl (C=O) groups excluding carboxylic acids is 1. The van der Waals surface area contributed by atoms with E-state index in [1.54, 1.807) is 42.7 Å². The average molecular weight is 570 g/mol. The van der Waals surface area contributed by atoms with Crippen LogP contribution in [-0.2, 0) is 6.61 Å². The first kappa shape index (κ1) is 23.3. The number of aromatic nitrogens is 1. The molecule has 0 aliphatic rings. The predicted octanol–water partition coefficient (Wildman–Crippen LogP) is 5.73. The summed E-state index contributed by atoms with van der Waals surface area (Å²) in [7, 11) is 0. The number of ether oxygens (including phenoxy) is 2. The third kappa shape index (κ3) is 6.56. The fourth-order valence-corrected chi connectivity index (χ4v) is 3.83. The molecular formula is C22H18Cl2IN3O3. The fourth-order valence-electron chi connectivity index (χ4n) is 2.58. The molecule has 1 heterocycles. The van der Waals surface area contributed by atoms with Crippen molar-refractivity contribution in [1.82, 2.24) is 10.4 Å². The Labute approximate surface area is 203 Å². The molecule has 1 N–H and O–H groups in total. The van der Waals surface area contributed by atoms with Gasteiger partial charge in [-0.3, -0.25) is 9.78 Å². The van der Waals surface area contributed by atoms with Crippen LogP contribution in [0.3, 0.4) is 0 Å². The van der Waals surface area contributed by atoms with Gasteiger partial charge < -0.3 is 9.47 Å². The number of halogens is 3.